The van der Waals surface area contributed by atoms with Gasteiger partial charge in [0.1, 0.15) is 23.9 Å². The Kier molecular flexibility index (Phi) is 6.29. The third-order valence-corrected chi connectivity index (χ3v) is 5.74. The van der Waals surface area contributed by atoms with E-state index in [1.165, 1.54) is 6.92 Å². The number of rotatable bonds is 5. The number of carbonyl (C=O) groups is 2. The summed E-state index contributed by atoms with van der Waals surface area (Å²) in [6, 6.07) is 2.79. The van der Waals surface area contributed by atoms with Gasteiger partial charge in [-0.15, -0.1) is 0 Å². The molecular formula is C20H19F5N4O4. The van der Waals surface area contributed by atoms with Crippen LogP contribution in [-0.4, -0.2) is 46.8 Å². The molecule has 3 N–H and O–H groups in total. The fourth-order valence-electron chi connectivity index (χ4n) is 3.80. The molecule has 0 spiro atoms. The molecule has 2 amide bonds. The number of alkyl halides is 3. The van der Waals surface area contributed by atoms with Crippen molar-refractivity contribution in [1.82, 2.24) is 9.97 Å². The Morgan fingerprint density at radius 1 is 1.24 bits per heavy atom. The van der Waals surface area contributed by atoms with Crippen LogP contribution < -0.4 is 15.8 Å². The molecule has 1 fully saturated rings. The lowest BCUT2D eigenvalue weighted by Crippen LogP contribution is -2.47. The van der Waals surface area contributed by atoms with Crippen LogP contribution in [-0.2, 0) is 9.53 Å². The quantitative estimate of drug-likeness (QED) is 0.644. The van der Waals surface area contributed by atoms with Gasteiger partial charge in [0.25, 0.3) is 11.8 Å². The van der Waals surface area contributed by atoms with Crippen LogP contribution in [0.1, 0.15) is 35.8 Å². The number of benzene rings is 1. The SMILES string of the molecule is COc1c([C@H]2[C@@H](C(=O)Nc3cc(C(N)=O)ncn3)O[C@](C)(C(F)(F)F)[C@@H]2C)ccc(F)c1F. The van der Waals surface area contributed by atoms with E-state index >= 15 is 0 Å². The molecule has 2 heterocycles. The fourth-order valence-corrected chi connectivity index (χ4v) is 3.80. The summed E-state index contributed by atoms with van der Waals surface area (Å²) in [7, 11) is 1.02. The van der Waals surface area contributed by atoms with E-state index in [-0.39, 0.29) is 17.1 Å². The van der Waals surface area contributed by atoms with Gasteiger partial charge < -0.3 is 20.5 Å². The molecule has 0 aliphatic carbocycles. The number of ether oxygens (including phenoxy) is 2. The highest BCUT2D eigenvalue weighted by molar-refractivity contribution is 5.96. The molecular weight excluding hydrogens is 455 g/mol. The van der Waals surface area contributed by atoms with Gasteiger partial charge in [0, 0.05) is 23.5 Å². The summed E-state index contributed by atoms with van der Waals surface area (Å²) in [5.74, 6) is -8.36. The largest absolute Gasteiger partial charge is 0.493 e. The molecule has 0 saturated carbocycles. The van der Waals surface area contributed by atoms with E-state index in [0.29, 0.717) is 0 Å². The van der Waals surface area contributed by atoms with E-state index in [9.17, 15) is 31.5 Å². The van der Waals surface area contributed by atoms with Crippen LogP contribution in [0.25, 0.3) is 0 Å². The van der Waals surface area contributed by atoms with E-state index in [4.69, 9.17) is 15.2 Å². The van der Waals surface area contributed by atoms with Gasteiger partial charge in [-0.1, -0.05) is 13.0 Å². The maximum atomic E-state index is 14.3. The minimum absolute atomic E-state index is 0.183. The molecule has 13 heteroatoms. The summed E-state index contributed by atoms with van der Waals surface area (Å²) in [6.45, 7) is 1.95. The number of methoxy groups -OCH3 is 1. The number of carbonyl (C=O) groups excluding carboxylic acids is 2. The summed E-state index contributed by atoms with van der Waals surface area (Å²) in [5, 5.41) is 2.25. The molecule has 1 aromatic carbocycles. The van der Waals surface area contributed by atoms with Gasteiger partial charge >= 0.3 is 6.18 Å². The second-order valence-electron chi connectivity index (χ2n) is 7.58. The first-order valence-electron chi connectivity index (χ1n) is 9.51. The van der Waals surface area contributed by atoms with E-state index in [2.05, 4.69) is 15.3 Å². The predicted molar refractivity (Wildman–Crippen MR) is 103 cm³/mol. The molecule has 1 saturated heterocycles. The van der Waals surface area contributed by atoms with Crippen LogP contribution in [0.15, 0.2) is 24.5 Å². The van der Waals surface area contributed by atoms with Gasteiger partial charge in [0.15, 0.2) is 17.2 Å². The van der Waals surface area contributed by atoms with Crippen molar-refractivity contribution in [3.8, 4) is 5.75 Å². The number of nitrogens with zero attached hydrogens (tertiary/aromatic N) is 2. The van der Waals surface area contributed by atoms with Gasteiger partial charge in [0.2, 0.25) is 5.82 Å². The first kappa shape index (κ1) is 24.3. The lowest BCUT2D eigenvalue weighted by Gasteiger charge is -2.32. The van der Waals surface area contributed by atoms with Crippen molar-refractivity contribution in [3.63, 3.8) is 0 Å². The van der Waals surface area contributed by atoms with Crippen LogP contribution in [0, 0.1) is 17.6 Å². The highest BCUT2D eigenvalue weighted by atomic mass is 19.4. The smallest absolute Gasteiger partial charge is 0.417 e. The standard InChI is InChI=1S/C20H19F5N4O4/c1-8-13(9-4-5-10(21)14(22)15(9)32-3)16(33-19(8,2)20(23,24)25)18(31)29-12-6-11(17(26)30)27-7-28-12/h4-8,13,16H,1-3H3,(H2,26,30)(H,27,28,29,31)/t8-,13+,16+,19+/m1/s1. The van der Waals surface area contributed by atoms with E-state index < -0.39 is 58.9 Å². The number of hydrogen-bond donors (Lipinski definition) is 2. The van der Waals surface area contributed by atoms with E-state index in [1.807, 2.05) is 0 Å². The van der Waals surface area contributed by atoms with Crippen LogP contribution in [0.2, 0.25) is 0 Å². The maximum Gasteiger partial charge on any atom is 0.417 e. The monoisotopic (exact) mass is 474 g/mol. The minimum atomic E-state index is -4.90. The average molecular weight is 474 g/mol. The number of halogens is 5. The summed E-state index contributed by atoms with van der Waals surface area (Å²) >= 11 is 0. The third kappa shape index (κ3) is 4.19. The van der Waals surface area contributed by atoms with Crippen LogP contribution in [0.3, 0.4) is 0 Å². The summed E-state index contributed by atoms with van der Waals surface area (Å²) in [5.41, 5.74) is 1.88. The summed E-state index contributed by atoms with van der Waals surface area (Å²) < 4.78 is 80.0. The Morgan fingerprint density at radius 3 is 2.48 bits per heavy atom. The van der Waals surface area contributed by atoms with Gasteiger partial charge in [-0.2, -0.15) is 17.6 Å². The van der Waals surface area contributed by atoms with Crippen molar-refractivity contribution in [2.45, 2.75) is 37.6 Å². The lowest BCUT2D eigenvalue weighted by atomic mass is 9.77. The van der Waals surface area contributed by atoms with Crippen LogP contribution in [0.4, 0.5) is 27.8 Å². The number of nitrogens with two attached hydrogens (primary N) is 1. The van der Waals surface area contributed by atoms with Gasteiger partial charge in [0.05, 0.1) is 7.11 Å². The molecule has 4 atom stereocenters. The van der Waals surface area contributed by atoms with E-state index in [0.717, 1.165) is 38.6 Å². The molecule has 1 aliphatic heterocycles. The van der Waals surface area contributed by atoms with Crippen molar-refractivity contribution in [3.05, 3.63) is 47.4 Å². The molecule has 0 unspecified atom stereocenters. The molecule has 8 nitrogen and oxygen atoms in total. The molecule has 33 heavy (non-hydrogen) atoms. The van der Waals surface area contributed by atoms with Crippen molar-refractivity contribution >= 4 is 17.6 Å². The van der Waals surface area contributed by atoms with Crippen molar-refractivity contribution in [2.24, 2.45) is 11.7 Å². The maximum absolute atomic E-state index is 14.3. The molecule has 0 radical (unpaired) electrons. The average Bonchev–Trinajstić information content (AvgIpc) is 3.02. The number of primary amides is 1. The molecule has 1 aliphatic rings. The zero-order chi connectivity index (χ0) is 24.7. The van der Waals surface area contributed by atoms with Gasteiger partial charge in [-0.25, -0.2) is 14.4 Å². The molecule has 3 rings (SSSR count). The normalized spacial score (nSPS) is 25.0. The molecule has 178 valence electrons. The third-order valence-electron chi connectivity index (χ3n) is 5.74. The number of aromatic nitrogens is 2. The highest BCUT2D eigenvalue weighted by Crippen LogP contribution is 2.54. The second-order valence-corrected chi connectivity index (χ2v) is 7.58. The number of hydrogen-bond acceptors (Lipinski definition) is 6. The lowest BCUT2D eigenvalue weighted by molar-refractivity contribution is -0.272. The fraction of sp³-hybridized carbons (Fsp3) is 0.400. The zero-order valence-electron chi connectivity index (χ0n) is 17.5. The Bertz CT molecular complexity index is 1100. The number of anilines is 1. The highest BCUT2D eigenvalue weighted by Gasteiger charge is 2.65. The Hall–Kier alpha value is -3.35. The molecule has 1 aromatic heterocycles. The first-order chi connectivity index (χ1) is 15.3. The van der Waals surface area contributed by atoms with Crippen LogP contribution in [0.5, 0.6) is 5.75 Å². The van der Waals surface area contributed by atoms with Crippen molar-refractivity contribution in [1.29, 1.82) is 0 Å². The Balaban J connectivity index is 2.07. The summed E-state index contributed by atoms with van der Waals surface area (Å²) in [4.78, 5) is 31.6. The Morgan fingerprint density at radius 2 is 1.91 bits per heavy atom. The zero-order valence-corrected chi connectivity index (χ0v) is 17.5. The predicted octanol–water partition coefficient (Wildman–Crippen LogP) is 2.94. The van der Waals surface area contributed by atoms with Gasteiger partial charge in [-0.3, -0.25) is 9.59 Å². The minimum Gasteiger partial charge on any atom is -0.493 e. The van der Waals surface area contributed by atoms with Gasteiger partial charge in [-0.05, 0) is 13.0 Å². The Labute approximate surface area is 184 Å². The van der Waals surface area contributed by atoms with Crippen LogP contribution >= 0.6 is 0 Å². The van der Waals surface area contributed by atoms with Crippen molar-refractivity contribution in [2.75, 3.05) is 12.4 Å². The first-order valence-corrected chi connectivity index (χ1v) is 9.51. The van der Waals surface area contributed by atoms with Crippen molar-refractivity contribution < 1.29 is 41.0 Å². The van der Waals surface area contributed by atoms with E-state index in [1.54, 1.807) is 0 Å². The summed E-state index contributed by atoms with van der Waals surface area (Å²) in [6.07, 6.45) is -5.79. The molecule has 2 aromatic rings. The number of nitrogens with one attached hydrogen (secondary N) is 1. The topological polar surface area (TPSA) is 116 Å². The molecule has 0 bridgehead atoms. The number of amides is 2. The second kappa shape index (κ2) is 8.54.